The number of hydrogen-bond acceptors (Lipinski definition) is 2. The Labute approximate surface area is 119 Å². The first-order valence-electron chi connectivity index (χ1n) is 5.99. The van der Waals surface area contributed by atoms with Gasteiger partial charge >= 0.3 is 0 Å². The molecule has 2 atom stereocenters. The van der Waals surface area contributed by atoms with Gasteiger partial charge in [-0.15, -0.1) is 6.42 Å². The fraction of sp³-hybridized carbons (Fsp3) is 0.429. The maximum atomic E-state index is 6.18. The number of nitrogens with one attached hydrogen (secondary N) is 1. The van der Waals surface area contributed by atoms with Gasteiger partial charge in [-0.25, -0.2) is 0 Å². The first-order chi connectivity index (χ1) is 8.62. The smallest absolute Gasteiger partial charge is 0.0692 e. The molecule has 0 fully saturated rings. The van der Waals surface area contributed by atoms with E-state index in [0.29, 0.717) is 16.6 Å². The summed E-state index contributed by atoms with van der Waals surface area (Å²) in [6.07, 6.45) is 7.43. The lowest BCUT2D eigenvalue weighted by molar-refractivity contribution is 0.475. The second kappa shape index (κ2) is 7.66. The molecule has 18 heavy (non-hydrogen) atoms. The first kappa shape index (κ1) is 15.3. The number of terminal acetylenes is 1. The fourth-order valence-corrected chi connectivity index (χ4v) is 2.36. The molecule has 0 bridgehead atoms. The Morgan fingerprint density at radius 1 is 1.44 bits per heavy atom. The molecule has 2 nitrogen and oxygen atoms in total. The van der Waals surface area contributed by atoms with Gasteiger partial charge in [-0.2, -0.15) is 0 Å². The highest BCUT2D eigenvalue weighted by Gasteiger charge is 2.16. The van der Waals surface area contributed by atoms with Crippen LogP contribution < -0.4 is 11.1 Å². The van der Waals surface area contributed by atoms with Crippen molar-refractivity contribution in [2.24, 2.45) is 5.73 Å². The van der Waals surface area contributed by atoms with Gasteiger partial charge < -0.3 is 5.73 Å². The molecule has 1 aromatic carbocycles. The highest BCUT2D eigenvalue weighted by Crippen LogP contribution is 2.26. The maximum Gasteiger partial charge on any atom is 0.0692 e. The van der Waals surface area contributed by atoms with Gasteiger partial charge in [-0.1, -0.05) is 48.5 Å². The van der Waals surface area contributed by atoms with Gasteiger partial charge in [0.15, 0.2) is 0 Å². The van der Waals surface area contributed by atoms with Crippen LogP contribution in [0.3, 0.4) is 0 Å². The predicted octanol–water partition coefficient (Wildman–Crippen LogP) is 3.38. The summed E-state index contributed by atoms with van der Waals surface area (Å²) < 4.78 is 0. The van der Waals surface area contributed by atoms with Crippen molar-refractivity contribution in [3.05, 3.63) is 33.8 Å². The zero-order valence-corrected chi connectivity index (χ0v) is 11.9. The van der Waals surface area contributed by atoms with E-state index in [1.54, 1.807) is 12.1 Å². The minimum Gasteiger partial charge on any atom is -0.329 e. The van der Waals surface area contributed by atoms with Crippen LogP contribution in [0.25, 0.3) is 0 Å². The van der Waals surface area contributed by atoms with E-state index in [0.717, 1.165) is 18.4 Å². The summed E-state index contributed by atoms with van der Waals surface area (Å²) in [5.41, 5.74) is 6.72. The van der Waals surface area contributed by atoms with Crippen molar-refractivity contribution in [2.75, 3.05) is 6.54 Å². The molecule has 3 N–H and O–H groups in total. The first-order valence-corrected chi connectivity index (χ1v) is 6.75. The second-order valence-electron chi connectivity index (χ2n) is 4.13. The van der Waals surface area contributed by atoms with Gasteiger partial charge in [0.2, 0.25) is 0 Å². The van der Waals surface area contributed by atoms with E-state index in [4.69, 9.17) is 35.4 Å². The minimum atomic E-state index is -0.0534. The highest BCUT2D eigenvalue weighted by atomic mass is 35.5. The standard InChI is InChI=1S/C14H18Cl2N2/c1-3-5-11(4-2)18-14(9-17)12-7-6-10(15)8-13(12)16/h2,6-8,11,14,18H,3,5,9,17H2,1H3. The molecule has 0 amide bonds. The lowest BCUT2D eigenvalue weighted by Gasteiger charge is -2.22. The summed E-state index contributed by atoms with van der Waals surface area (Å²) in [7, 11) is 0. The maximum absolute atomic E-state index is 6.18. The number of rotatable bonds is 6. The Hall–Kier alpha value is -0.720. The van der Waals surface area contributed by atoms with Crippen LogP contribution in [0.2, 0.25) is 10.0 Å². The van der Waals surface area contributed by atoms with Crippen LogP contribution in [0.5, 0.6) is 0 Å². The van der Waals surface area contributed by atoms with Crippen molar-refractivity contribution in [3.63, 3.8) is 0 Å². The van der Waals surface area contributed by atoms with Crippen LogP contribution in [0.15, 0.2) is 18.2 Å². The Morgan fingerprint density at radius 2 is 2.17 bits per heavy atom. The fourth-order valence-electron chi connectivity index (χ4n) is 1.82. The van der Waals surface area contributed by atoms with Crippen LogP contribution in [-0.4, -0.2) is 12.6 Å². The van der Waals surface area contributed by atoms with Crippen LogP contribution in [-0.2, 0) is 0 Å². The van der Waals surface area contributed by atoms with Crippen molar-refractivity contribution in [2.45, 2.75) is 31.8 Å². The number of hydrogen-bond donors (Lipinski definition) is 2. The third-order valence-corrected chi connectivity index (χ3v) is 3.32. The van der Waals surface area contributed by atoms with Crippen LogP contribution in [0.4, 0.5) is 0 Å². The van der Waals surface area contributed by atoms with Crippen molar-refractivity contribution in [3.8, 4) is 12.3 Å². The number of nitrogens with two attached hydrogens (primary N) is 1. The Kier molecular flexibility index (Phi) is 6.52. The molecule has 2 unspecified atom stereocenters. The van der Waals surface area contributed by atoms with Gasteiger partial charge in [0.25, 0.3) is 0 Å². The van der Waals surface area contributed by atoms with Gasteiger partial charge in [0.05, 0.1) is 6.04 Å². The molecular weight excluding hydrogens is 267 g/mol. The minimum absolute atomic E-state index is 0.00953. The Morgan fingerprint density at radius 3 is 2.67 bits per heavy atom. The molecule has 0 saturated carbocycles. The van der Waals surface area contributed by atoms with Crippen molar-refractivity contribution >= 4 is 23.2 Å². The quantitative estimate of drug-likeness (QED) is 0.786. The summed E-state index contributed by atoms with van der Waals surface area (Å²) in [5, 5.41) is 4.56. The monoisotopic (exact) mass is 284 g/mol. The Bertz CT molecular complexity index is 426. The predicted molar refractivity (Wildman–Crippen MR) is 78.9 cm³/mol. The molecule has 0 heterocycles. The largest absolute Gasteiger partial charge is 0.329 e. The molecule has 0 aliphatic rings. The number of halogens is 2. The zero-order chi connectivity index (χ0) is 13.5. The molecule has 0 radical (unpaired) electrons. The molecule has 0 aliphatic carbocycles. The summed E-state index contributed by atoms with van der Waals surface area (Å²) in [5.74, 6) is 2.73. The molecule has 0 spiro atoms. The van der Waals surface area contributed by atoms with E-state index in [2.05, 4.69) is 18.2 Å². The second-order valence-corrected chi connectivity index (χ2v) is 4.97. The van der Waals surface area contributed by atoms with E-state index in [1.807, 2.05) is 6.07 Å². The van der Waals surface area contributed by atoms with Gasteiger partial charge in [0, 0.05) is 22.6 Å². The summed E-state index contributed by atoms with van der Waals surface area (Å²) in [4.78, 5) is 0. The lowest BCUT2D eigenvalue weighted by Crippen LogP contribution is -2.36. The van der Waals surface area contributed by atoms with E-state index in [1.165, 1.54) is 0 Å². The molecule has 0 aromatic heterocycles. The van der Waals surface area contributed by atoms with E-state index >= 15 is 0 Å². The Balaban J connectivity index is 2.86. The average molecular weight is 285 g/mol. The summed E-state index contributed by atoms with van der Waals surface area (Å²) in [6.45, 7) is 2.53. The topological polar surface area (TPSA) is 38.0 Å². The molecule has 4 heteroatoms. The van der Waals surface area contributed by atoms with Gasteiger partial charge in [-0.05, 0) is 24.1 Å². The molecule has 1 aromatic rings. The van der Waals surface area contributed by atoms with Crippen LogP contribution in [0, 0.1) is 12.3 Å². The molecule has 98 valence electrons. The van der Waals surface area contributed by atoms with Crippen molar-refractivity contribution in [1.29, 1.82) is 0 Å². The average Bonchev–Trinajstić information content (AvgIpc) is 2.35. The molecule has 0 aliphatic heterocycles. The van der Waals surface area contributed by atoms with Crippen LogP contribution >= 0.6 is 23.2 Å². The summed E-state index contributed by atoms with van der Waals surface area (Å²) >= 11 is 12.1. The SMILES string of the molecule is C#CC(CCC)NC(CN)c1ccc(Cl)cc1Cl. The number of benzene rings is 1. The highest BCUT2D eigenvalue weighted by molar-refractivity contribution is 6.35. The molecule has 0 saturated heterocycles. The third kappa shape index (κ3) is 4.19. The van der Waals surface area contributed by atoms with Gasteiger partial charge in [0.1, 0.15) is 0 Å². The normalized spacial score (nSPS) is 13.9. The zero-order valence-electron chi connectivity index (χ0n) is 10.4. The van der Waals surface area contributed by atoms with Gasteiger partial charge in [-0.3, -0.25) is 5.32 Å². The van der Waals surface area contributed by atoms with Crippen molar-refractivity contribution < 1.29 is 0 Å². The molecular formula is C14H18Cl2N2. The third-order valence-electron chi connectivity index (χ3n) is 2.75. The van der Waals surface area contributed by atoms with E-state index in [9.17, 15) is 0 Å². The molecule has 1 rings (SSSR count). The van der Waals surface area contributed by atoms with Crippen molar-refractivity contribution in [1.82, 2.24) is 5.32 Å². The summed E-state index contributed by atoms with van der Waals surface area (Å²) in [6, 6.07) is 5.36. The van der Waals surface area contributed by atoms with E-state index < -0.39 is 0 Å². The van der Waals surface area contributed by atoms with Crippen LogP contribution in [0.1, 0.15) is 31.4 Å². The van der Waals surface area contributed by atoms with E-state index in [-0.39, 0.29) is 12.1 Å². The lowest BCUT2D eigenvalue weighted by atomic mass is 10.0.